The number of H-pyrrole nitrogens is 1. The van der Waals surface area contributed by atoms with Crippen LogP contribution in [-0.2, 0) is 0 Å². The zero-order valence-electron chi connectivity index (χ0n) is 9.31. The SMILES string of the molecule is O=C1c2c([nH]c3ccccc3c2=O)-c2cccn21. The van der Waals surface area contributed by atoms with Crippen LogP contribution in [0.5, 0.6) is 0 Å². The second-order valence-corrected chi connectivity index (χ2v) is 4.32. The van der Waals surface area contributed by atoms with E-state index in [4.69, 9.17) is 0 Å². The van der Waals surface area contributed by atoms with Crippen molar-refractivity contribution < 1.29 is 4.79 Å². The Morgan fingerprint density at radius 3 is 2.72 bits per heavy atom. The highest BCUT2D eigenvalue weighted by atomic mass is 16.2. The van der Waals surface area contributed by atoms with Crippen molar-refractivity contribution in [3.8, 4) is 11.4 Å². The van der Waals surface area contributed by atoms with E-state index in [2.05, 4.69) is 4.98 Å². The lowest BCUT2D eigenvalue weighted by Gasteiger charge is -2.01. The van der Waals surface area contributed by atoms with Crippen LogP contribution in [0, 0.1) is 0 Å². The molecule has 3 aromatic rings. The first-order chi connectivity index (χ1) is 8.77. The second kappa shape index (κ2) is 2.98. The minimum atomic E-state index is -0.253. The average Bonchev–Trinajstić information content (AvgIpc) is 2.95. The Morgan fingerprint density at radius 2 is 1.83 bits per heavy atom. The average molecular weight is 236 g/mol. The van der Waals surface area contributed by atoms with Gasteiger partial charge < -0.3 is 4.98 Å². The van der Waals surface area contributed by atoms with Crippen LogP contribution in [0.2, 0.25) is 0 Å². The minimum Gasteiger partial charge on any atom is -0.352 e. The van der Waals surface area contributed by atoms with E-state index in [1.165, 1.54) is 4.57 Å². The number of para-hydroxylation sites is 1. The summed E-state index contributed by atoms with van der Waals surface area (Å²) in [5.74, 6) is -0.253. The number of carbonyl (C=O) groups is 1. The van der Waals surface area contributed by atoms with Gasteiger partial charge in [-0.15, -0.1) is 0 Å². The molecule has 1 N–H and O–H groups in total. The van der Waals surface area contributed by atoms with Crippen molar-refractivity contribution in [3.63, 3.8) is 0 Å². The van der Waals surface area contributed by atoms with E-state index in [0.29, 0.717) is 11.1 Å². The Kier molecular flexibility index (Phi) is 1.56. The van der Waals surface area contributed by atoms with Gasteiger partial charge in [-0.25, -0.2) is 0 Å². The van der Waals surface area contributed by atoms with Crippen LogP contribution in [0.4, 0.5) is 0 Å². The molecule has 4 rings (SSSR count). The lowest BCUT2D eigenvalue weighted by molar-refractivity contribution is 0.0968. The third kappa shape index (κ3) is 0.953. The molecule has 2 aromatic heterocycles. The van der Waals surface area contributed by atoms with Crippen LogP contribution in [0.3, 0.4) is 0 Å². The monoisotopic (exact) mass is 236 g/mol. The molecular formula is C14H8N2O2. The molecule has 0 radical (unpaired) electrons. The van der Waals surface area contributed by atoms with Gasteiger partial charge in [0.2, 0.25) is 5.43 Å². The topological polar surface area (TPSA) is 54.9 Å². The normalized spacial score (nSPS) is 12.8. The maximum Gasteiger partial charge on any atom is 0.268 e. The summed E-state index contributed by atoms with van der Waals surface area (Å²) >= 11 is 0. The fourth-order valence-electron chi connectivity index (χ4n) is 2.51. The Balaban J connectivity index is 2.25. The van der Waals surface area contributed by atoms with E-state index in [0.717, 1.165) is 11.2 Å². The third-order valence-electron chi connectivity index (χ3n) is 3.35. The number of aromatic nitrogens is 2. The van der Waals surface area contributed by atoms with Gasteiger partial charge in [0.15, 0.2) is 0 Å². The standard InChI is InChI=1S/C14H8N2O2/c17-13-8-4-1-2-5-9(8)15-12-10-6-3-7-16(10)14(18)11(12)13/h1-7H,(H,15,17). The zero-order valence-corrected chi connectivity index (χ0v) is 9.31. The smallest absolute Gasteiger partial charge is 0.268 e. The third-order valence-corrected chi connectivity index (χ3v) is 3.35. The van der Waals surface area contributed by atoms with Gasteiger partial charge in [-0.2, -0.15) is 0 Å². The molecule has 1 aromatic carbocycles. The number of nitrogens with zero attached hydrogens (tertiary/aromatic N) is 1. The van der Waals surface area contributed by atoms with Crippen LogP contribution in [0.1, 0.15) is 10.4 Å². The number of fused-ring (bicyclic) bond motifs is 4. The van der Waals surface area contributed by atoms with Crippen LogP contribution >= 0.6 is 0 Å². The number of aromatic amines is 1. The number of hydrogen-bond acceptors (Lipinski definition) is 2. The molecule has 86 valence electrons. The Morgan fingerprint density at radius 1 is 1.00 bits per heavy atom. The molecule has 0 unspecified atom stereocenters. The lowest BCUT2D eigenvalue weighted by Crippen LogP contribution is -2.16. The van der Waals surface area contributed by atoms with Crippen molar-refractivity contribution in [1.29, 1.82) is 0 Å². The molecule has 0 spiro atoms. The maximum absolute atomic E-state index is 12.3. The first-order valence-electron chi connectivity index (χ1n) is 5.65. The quantitative estimate of drug-likeness (QED) is 0.507. The first-order valence-corrected chi connectivity index (χ1v) is 5.65. The molecular weight excluding hydrogens is 228 g/mol. The number of carbonyl (C=O) groups excluding carboxylic acids is 1. The van der Waals surface area contributed by atoms with Gasteiger partial charge in [0.25, 0.3) is 5.91 Å². The largest absolute Gasteiger partial charge is 0.352 e. The van der Waals surface area contributed by atoms with Crippen molar-refractivity contribution in [2.24, 2.45) is 0 Å². The minimum absolute atomic E-state index is 0.201. The number of benzene rings is 1. The molecule has 4 nitrogen and oxygen atoms in total. The van der Waals surface area contributed by atoms with Crippen molar-refractivity contribution in [3.05, 3.63) is 58.4 Å². The van der Waals surface area contributed by atoms with Crippen molar-refractivity contribution in [2.45, 2.75) is 0 Å². The number of pyridine rings is 1. The van der Waals surface area contributed by atoms with E-state index in [1.54, 1.807) is 24.4 Å². The molecule has 1 aliphatic rings. The number of rotatable bonds is 0. The summed E-state index contributed by atoms with van der Waals surface area (Å²) in [7, 11) is 0. The van der Waals surface area contributed by atoms with Crippen LogP contribution in [0.15, 0.2) is 47.4 Å². The molecule has 0 atom stereocenters. The molecule has 0 saturated carbocycles. The molecule has 0 aliphatic carbocycles. The Hall–Kier alpha value is -2.62. The number of hydrogen-bond donors (Lipinski definition) is 1. The summed E-state index contributed by atoms with van der Waals surface area (Å²) < 4.78 is 1.50. The maximum atomic E-state index is 12.3. The van der Waals surface area contributed by atoms with E-state index in [1.807, 2.05) is 18.2 Å². The summed E-state index contributed by atoms with van der Waals surface area (Å²) in [5.41, 5.74) is 2.16. The summed E-state index contributed by atoms with van der Waals surface area (Å²) in [6.07, 6.45) is 1.68. The van der Waals surface area contributed by atoms with E-state index >= 15 is 0 Å². The highest BCUT2D eigenvalue weighted by Gasteiger charge is 2.29. The summed E-state index contributed by atoms with van der Waals surface area (Å²) in [5, 5.41) is 0.551. The van der Waals surface area contributed by atoms with Gasteiger partial charge >= 0.3 is 0 Å². The number of nitrogens with one attached hydrogen (secondary N) is 1. The van der Waals surface area contributed by atoms with Crippen molar-refractivity contribution >= 4 is 16.8 Å². The van der Waals surface area contributed by atoms with Crippen LogP contribution in [0.25, 0.3) is 22.3 Å². The highest BCUT2D eigenvalue weighted by molar-refractivity contribution is 6.10. The predicted molar refractivity (Wildman–Crippen MR) is 67.7 cm³/mol. The van der Waals surface area contributed by atoms with Gasteiger partial charge in [0.1, 0.15) is 5.56 Å². The molecule has 1 aliphatic heterocycles. The molecule has 3 heterocycles. The summed E-state index contributed by atoms with van der Waals surface area (Å²) in [6.45, 7) is 0. The molecule has 0 amide bonds. The van der Waals surface area contributed by atoms with Gasteiger partial charge in [0.05, 0.1) is 11.4 Å². The van der Waals surface area contributed by atoms with Gasteiger partial charge in [-0.3, -0.25) is 14.2 Å². The van der Waals surface area contributed by atoms with Crippen molar-refractivity contribution in [1.82, 2.24) is 9.55 Å². The van der Waals surface area contributed by atoms with E-state index in [-0.39, 0.29) is 16.9 Å². The van der Waals surface area contributed by atoms with Gasteiger partial charge in [0, 0.05) is 17.1 Å². The summed E-state index contributed by atoms with van der Waals surface area (Å²) in [6, 6.07) is 10.9. The molecule has 4 heteroatoms. The van der Waals surface area contributed by atoms with Crippen LogP contribution in [-0.4, -0.2) is 15.5 Å². The van der Waals surface area contributed by atoms with Gasteiger partial charge in [-0.1, -0.05) is 12.1 Å². The predicted octanol–water partition coefficient (Wildman–Crippen LogP) is 2.00. The van der Waals surface area contributed by atoms with Crippen molar-refractivity contribution in [2.75, 3.05) is 0 Å². The Bertz CT molecular complexity index is 871. The zero-order chi connectivity index (χ0) is 12.3. The molecule has 0 saturated heterocycles. The second-order valence-electron chi connectivity index (χ2n) is 4.32. The van der Waals surface area contributed by atoms with Crippen LogP contribution < -0.4 is 5.43 Å². The Labute approximate surface area is 101 Å². The molecule has 0 fully saturated rings. The first kappa shape index (κ1) is 9.41. The highest BCUT2D eigenvalue weighted by Crippen LogP contribution is 2.29. The molecule has 0 bridgehead atoms. The van der Waals surface area contributed by atoms with E-state index < -0.39 is 0 Å². The van der Waals surface area contributed by atoms with Gasteiger partial charge in [-0.05, 0) is 24.3 Å². The summed E-state index contributed by atoms with van der Waals surface area (Å²) in [4.78, 5) is 27.7. The van der Waals surface area contributed by atoms with E-state index in [9.17, 15) is 9.59 Å². The fourth-order valence-corrected chi connectivity index (χ4v) is 2.51. The molecule has 18 heavy (non-hydrogen) atoms. The lowest BCUT2D eigenvalue weighted by atomic mass is 10.1. The fraction of sp³-hybridized carbons (Fsp3) is 0.